The lowest BCUT2D eigenvalue weighted by Gasteiger charge is -2.10. The van der Waals surface area contributed by atoms with Gasteiger partial charge in [-0.3, -0.25) is 14.5 Å². The van der Waals surface area contributed by atoms with E-state index in [9.17, 15) is 13.2 Å². The first-order chi connectivity index (χ1) is 14.8. The zero-order valence-corrected chi connectivity index (χ0v) is 19.3. The first kappa shape index (κ1) is 21.8. The van der Waals surface area contributed by atoms with Gasteiger partial charge in [0.05, 0.1) is 9.92 Å². The second-order valence-corrected chi connectivity index (χ2v) is 10.5. The summed E-state index contributed by atoms with van der Waals surface area (Å²) < 4.78 is 28.8. The highest BCUT2D eigenvalue weighted by atomic mass is 35.5. The van der Waals surface area contributed by atoms with Crippen molar-refractivity contribution in [2.24, 2.45) is 4.99 Å². The van der Waals surface area contributed by atoms with Gasteiger partial charge in [-0.25, -0.2) is 8.42 Å². The fourth-order valence-corrected chi connectivity index (χ4v) is 6.16. The van der Waals surface area contributed by atoms with Crippen LogP contribution in [-0.4, -0.2) is 26.7 Å². The number of nitrogens with one attached hydrogen (secondary N) is 2. The first-order valence-corrected chi connectivity index (χ1v) is 12.7. The lowest BCUT2D eigenvalue weighted by molar-refractivity contribution is 0.103. The summed E-state index contributed by atoms with van der Waals surface area (Å²) in [5, 5.41) is 4.11. The molecule has 4 rings (SSSR count). The van der Waals surface area contributed by atoms with Gasteiger partial charge in [0, 0.05) is 28.7 Å². The number of rotatable bonds is 4. The fraction of sp³-hybridized carbons (Fsp3) is 0.273. The average Bonchev–Trinajstić information content (AvgIpc) is 2.90. The fourth-order valence-electron chi connectivity index (χ4n) is 3.50. The monoisotopic (exact) mass is 475 g/mol. The molecule has 162 valence electrons. The number of thiophene rings is 1. The highest BCUT2D eigenvalue weighted by Crippen LogP contribution is 2.37. The van der Waals surface area contributed by atoms with Crippen molar-refractivity contribution in [1.82, 2.24) is 4.72 Å². The maximum Gasteiger partial charge on any atom is 0.267 e. The number of halogens is 1. The minimum atomic E-state index is -3.71. The lowest BCUT2D eigenvalue weighted by Crippen LogP contribution is -2.30. The smallest absolute Gasteiger partial charge is 0.267 e. The molecule has 2 aromatic carbocycles. The Labute approximate surface area is 190 Å². The van der Waals surface area contributed by atoms with Gasteiger partial charge in [0.1, 0.15) is 10.7 Å². The van der Waals surface area contributed by atoms with Gasteiger partial charge in [0.15, 0.2) is 0 Å². The van der Waals surface area contributed by atoms with Crippen molar-refractivity contribution in [3.05, 3.63) is 57.9 Å². The molecule has 1 amide bonds. The standard InChI is InChI=1S/C22H22ClN3O3S2/c1-14-6-5-7-17-19(14)20(23)21(30-17)22(27)25-15-9-11-16(12-10-15)31(28,29)26-18-8-3-2-4-13-24-18/h5-7,9-12H,2-4,8,13H2,1H3,(H,24,26)(H,25,27). The minimum Gasteiger partial charge on any atom is -0.321 e. The molecule has 1 aliphatic rings. The van der Waals surface area contributed by atoms with Crippen molar-refractivity contribution in [2.45, 2.75) is 37.5 Å². The van der Waals surface area contributed by atoms with E-state index >= 15 is 0 Å². The Morgan fingerprint density at radius 2 is 1.87 bits per heavy atom. The number of anilines is 1. The highest BCUT2D eigenvalue weighted by molar-refractivity contribution is 7.90. The quantitative estimate of drug-likeness (QED) is 0.532. The maximum atomic E-state index is 12.8. The number of amides is 1. The molecule has 0 radical (unpaired) electrons. The summed E-state index contributed by atoms with van der Waals surface area (Å²) in [6.45, 7) is 2.60. The third-order valence-corrected chi connectivity index (χ3v) is 8.16. The highest BCUT2D eigenvalue weighted by Gasteiger charge is 2.20. The van der Waals surface area contributed by atoms with E-state index in [1.807, 2.05) is 25.1 Å². The first-order valence-electron chi connectivity index (χ1n) is 10.0. The molecule has 0 aliphatic carbocycles. The van der Waals surface area contributed by atoms with Crippen LogP contribution in [0.4, 0.5) is 5.69 Å². The number of carbonyl (C=O) groups is 1. The molecule has 31 heavy (non-hydrogen) atoms. The van der Waals surface area contributed by atoms with Gasteiger partial charge in [-0.1, -0.05) is 30.2 Å². The lowest BCUT2D eigenvalue weighted by atomic mass is 10.1. The Hall–Kier alpha value is -2.42. The van der Waals surface area contributed by atoms with Crippen LogP contribution in [0.15, 0.2) is 52.4 Å². The van der Waals surface area contributed by atoms with Crippen molar-refractivity contribution in [3.63, 3.8) is 0 Å². The average molecular weight is 476 g/mol. The van der Waals surface area contributed by atoms with Crippen molar-refractivity contribution < 1.29 is 13.2 Å². The zero-order valence-electron chi connectivity index (χ0n) is 16.9. The van der Waals surface area contributed by atoms with Gasteiger partial charge in [-0.05, 0) is 55.7 Å². The Bertz CT molecular complexity index is 1270. The van der Waals surface area contributed by atoms with Crippen LogP contribution < -0.4 is 10.0 Å². The topological polar surface area (TPSA) is 87.6 Å². The van der Waals surface area contributed by atoms with E-state index in [-0.39, 0.29) is 10.8 Å². The van der Waals surface area contributed by atoms with E-state index < -0.39 is 10.0 Å². The minimum absolute atomic E-state index is 0.118. The van der Waals surface area contributed by atoms with Crippen molar-refractivity contribution in [1.29, 1.82) is 0 Å². The Morgan fingerprint density at radius 3 is 2.61 bits per heavy atom. The summed E-state index contributed by atoms with van der Waals surface area (Å²) in [6.07, 6.45) is 3.57. The molecular weight excluding hydrogens is 454 g/mol. The summed E-state index contributed by atoms with van der Waals surface area (Å²) in [5.74, 6) is 0.178. The molecule has 2 N–H and O–H groups in total. The van der Waals surface area contributed by atoms with Crippen LogP contribution in [0.3, 0.4) is 0 Å². The number of nitrogens with zero attached hydrogens (tertiary/aromatic N) is 1. The Kier molecular flexibility index (Phi) is 6.31. The molecule has 0 spiro atoms. The van der Waals surface area contributed by atoms with Crippen LogP contribution in [0, 0.1) is 6.92 Å². The Morgan fingerprint density at radius 1 is 1.10 bits per heavy atom. The molecular formula is C22H22ClN3O3S2. The van der Waals surface area contributed by atoms with Gasteiger partial charge in [-0.2, -0.15) is 0 Å². The number of hydrogen-bond acceptors (Lipinski definition) is 5. The number of sulfonamides is 1. The predicted octanol–water partition coefficient (Wildman–Crippen LogP) is 5.37. The second kappa shape index (κ2) is 8.98. The molecule has 2 heterocycles. The van der Waals surface area contributed by atoms with E-state index in [4.69, 9.17) is 11.6 Å². The largest absolute Gasteiger partial charge is 0.321 e. The Balaban J connectivity index is 1.50. The van der Waals surface area contributed by atoms with E-state index in [1.54, 1.807) is 12.1 Å². The summed E-state index contributed by atoms with van der Waals surface area (Å²) in [6, 6.07) is 11.9. The van der Waals surface area contributed by atoms with E-state index in [2.05, 4.69) is 15.0 Å². The molecule has 1 aliphatic heterocycles. The number of benzene rings is 2. The van der Waals surface area contributed by atoms with Crippen LogP contribution in [0.1, 0.15) is 40.9 Å². The van der Waals surface area contributed by atoms with E-state index in [0.717, 1.165) is 34.9 Å². The summed E-state index contributed by atoms with van der Waals surface area (Å²) in [4.78, 5) is 17.6. The second-order valence-electron chi connectivity index (χ2n) is 7.42. The van der Waals surface area contributed by atoms with Gasteiger partial charge in [-0.15, -0.1) is 11.3 Å². The van der Waals surface area contributed by atoms with Crippen LogP contribution in [0.25, 0.3) is 10.1 Å². The number of fused-ring (bicyclic) bond motifs is 1. The molecule has 0 fully saturated rings. The SMILES string of the molecule is Cc1cccc2sc(C(=O)Nc3ccc(S(=O)(=O)NC4=NCCCCC4)cc3)c(Cl)c12. The molecule has 0 atom stereocenters. The third kappa shape index (κ3) is 4.76. The van der Waals surface area contributed by atoms with Crippen molar-refractivity contribution in [2.75, 3.05) is 11.9 Å². The number of aryl methyl sites for hydroxylation is 1. The number of amidine groups is 1. The molecule has 0 bridgehead atoms. The predicted molar refractivity (Wildman–Crippen MR) is 127 cm³/mol. The normalized spacial score (nSPS) is 14.7. The zero-order chi connectivity index (χ0) is 22.0. The summed E-state index contributed by atoms with van der Waals surface area (Å²) >= 11 is 7.79. The summed E-state index contributed by atoms with van der Waals surface area (Å²) in [5.41, 5.74) is 1.50. The summed E-state index contributed by atoms with van der Waals surface area (Å²) in [7, 11) is -3.71. The van der Waals surface area contributed by atoms with Gasteiger partial charge < -0.3 is 5.32 Å². The van der Waals surface area contributed by atoms with Crippen LogP contribution in [-0.2, 0) is 10.0 Å². The molecule has 0 saturated heterocycles. The van der Waals surface area contributed by atoms with Crippen molar-refractivity contribution in [3.8, 4) is 0 Å². The van der Waals surface area contributed by atoms with Crippen molar-refractivity contribution >= 4 is 60.5 Å². The van der Waals surface area contributed by atoms with Crippen LogP contribution in [0.5, 0.6) is 0 Å². The number of aliphatic imine (C=N–C) groups is 1. The number of hydrogen-bond donors (Lipinski definition) is 2. The molecule has 0 saturated carbocycles. The van der Waals surface area contributed by atoms with E-state index in [0.29, 0.717) is 34.4 Å². The van der Waals surface area contributed by atoms with Crippen LogP contribution >= 0.6 is 22.9 Å². The number of carbonyl (C=O) groups excluding carboxylic acids is 1. The molecule has 3 aromatic rings. The molecule has 6 nitrogen and oxygen atoms in total. The molecule has 1 aromatic heterocycles. The van der Waals surface area contributed by atoms with Gasteiger partial charge in [0.25, 0.3) is 15.9 Å². The van der Waals surface area contributed by atoms with Crippen LogP contribution in [0.2, 0.25) is 5.02 Å². The molecule has 0 unspecified atom stereocenters. The molecule has 9 heteroatoms. The van der Waals surface area contributed by atoms with E-state index in [1.165, 1.54) is 23.5 Å². The third-order valence-electron chi connectivity index (χ3n) is 5.12. The maximum absolute atomic E-state index is 12.8. The van der Waals surface area contributed by atoms with Gasteiger partial charge >= 0.3 is 0 Å². The van der Waals surface area contributed by atoms with Gasteiger partial charge in [0.2, 0.25) is 0 Å².